The van der Waals surface area contributed by atoms with Crippen molar-refractivity contribution in [3.8, 4) is 0 Å². The van der Waals surface area contributed by atoms with E-state index in [2.05, 4.69) is 41.4 Å². The second-order valence-corrected chi connectivity index (χ2v) is 5.58. The lowest BCUT2D eigenvalue weighted by Gasteiger charge is -2.19. The maximum atomic E-state index is 5.65. The van der Waals surface area contributed by atoms with Gasteiger partial charge in [-0.15, -0.1) is 0 Å². The number of nitrogens with one attached hydrogen (secondary N) is 2. The molecule has 1 unspecified atom stereocenters. The van der Waals surface area contributed by atoms with Crippen molar-refractivity contribution >= 4 is 11.6 Å². The number of hydrogen-bond acceptors (Lipinski definition) is 5. The van der Waals surface area contributed by atoms with Crippen molar-refractivity contribution in [2.75, 3.05) is 30.3 Å². The van der Waals surface area contributed by atoms with Gasteiger partial charge in [-0.25, -0.2) is 9.97 Å². The Morgan fingerprint density at radius 2 is 2.05 bits per heavy atom. The van der Waals surface area contributed by atoms with Gasteiger partial charge in [-0.2, -0.15) is 0 Å². The molecule has 2 rings (SSSR count). The molecule has 0 amide bonds. The SMILES string of the molecule is CCCNc1ncnc(NCC2CCCO2)c1C(C)C. The molecule has 1 aromatic heterocycles. The highest BCUT2D eigenvalue weighted by Gasteiger charge is 2.18. The summed E-state index contributed by atoms with van der Waals surface area (Å²) in [6, 6.07) is 0. The normalized spacial score (nSPS) is 18.5. The zero-order valence-corrected chi connectivity index (χ0v) is 12.8. The summed E-state index contributed by atoms with van der Waals surface area (Å²) >= 11 is 0. The van der Waals surface area contributed by atoms with E-state index in [0.29, 0.717) is 12.0 Å². The number of aromatic nitrogens is 2. The maximum Gasteiger partial charge on any atom is 0.135 e. The van der Waals surface area contributed by atoms with Gasteiger partial charge < -0.3 is 15.4 Å². The highest BCUT2D eigenvalue weighted by Crippen LogP contribution is 2.28. The highest BCUT2D eigenvalue weighted by atomic mass is 16.5. The van der Waals surface area contributed by atoms with E-state index in [-0.39, 0.29) is 0 Å². The first-order valence-corrected chi connectivity index (χ1v) is 7.66. The molecule has 20 heavy (non-hydrogen) atoms. The molecule has 2 N–H and O–H groups in total. The van der Waals surface area contributed by atoms with Crippen LogP contribution in [0, 0.1) is 0 Å². The number of nitrogens with zero attached hydrogens (tertiary/aromatic N) is 2. The summed E-state index contributed by atoms with van der Waals surface area (Å²) in [6.07, 6.45) is 5.33. The van der Waals surface area contributed by atoms with E-state index in [1.165, 1.54) is 5.56 Å². The molecule has 0 aromatic carbocycles. The predicted octanol–water partition coefficient (Wildman–Crippen LogP) is 3.01. The molecule has 1 aliphatic rings. The average Bonchev–Trinajstić information content (AvgIpc) is 2.95. The van der Waals surface area contributed by atoms with Gasteiger partial charge in [-0.3, -0.25) is 0 Å². The second-order valence-electron chi connectivity index (χ2n) is 5.58. The predicted molar refractivity (Wildman–Crippen MR) is 82.4 cm³/mol. The van der Waals surface area contributed by atoms with Crippen LogP contribution in [0.4, 0.5) is 11.6 Å². The van der Waals surface area contributed by atoms with E-state index in [1.807, 2.05) is 0 Å². The Labute approximate surface area is 121 Å². The van der Waals surface area contributed by atoms with Gasteiger partial charge >= 0.3 is 0 Å². The fourth-order valence-corrected chi connectivity index (χ4v) is 2.48. The summed E-state index contributed by atoms with van der Waals surface area (Å²) in [5.74, 6) is 2.26. The molecule has 1 fully saturated rings. The summed E-state index contributed by atoms with van der Waals surface area (Å²) in [4.78, 5) is 8.80. The third-order valence-corrected chi connectivity index (χ3v) is 3.52. The molecule has 5 heteroatoms. The van der Waals surface area contributed by atoms with Crippen LogP contribution < -0.4 is 10.6 Å². The number of ether oxygens (including phenoxy) is 1. The monoisotopic (exact) mass is 278 g/mol. The maximum absolute atomic E-state index is 5.65. The van der Waals surface area contributed by atoms with Gasteiger partial charge in [0.15, 0.2) is 0 Å². The summed E-state index contributed by atoms with van der Waals surface area (Å²) < 4.78 is 5.65. The average molecular weight is 278 g/mol. The fraction of sp³-hybridized carbons (Fsp3) is 0.733. The Hall–Kier alpha value is -1.36. The first-order chi connectivity index (χ1) is 9.72. The Morgan fingerprint density at radius 3 is 2.65 bits per heavy atom. The Bertz CT molecular complexity index is 416. The topological polar surface area (TPSA) is 59.1 Å². The van der Waals surface area contributed by atoms with Gasteiger partial charge in [0.25, 0.3) is 0 Å². The van der Waals surface area contributed by atoms with Crippen molar-refractivity contribution in [3.63, 3.8) is 0 Å². The second kappa shape index (κ2) is 7.43. The van der Waals surface area contributed by atoms with Gasteiger partial charge in [0.05, 0.1) is 6.10 Å². The number of anilines is 2. The van der Waals surface area contributed by atoms with Crippen molar-refractivity contribution in [2.45, 2.75) is 52.1 Å². The number of hydrogen-bond donors (Lipinski definition) is 2. The minimum atomic E-state index is 0.317. The van der Waals surface area contributed by atoms with Crippen LogP contribution >= 0.6 is 0 Å². The van der Waals surface area contributed by atoms with Crippen LogP contribution in [-0.4, -0.2) is 35.8 Å². The third-order valence-electron chi connectivity index (χ3n) is 3.52. The van der Waals surface area contributed by atoms with Crippen LogP contribution in [0.2, 0.25) is 0 Å². The van der Waals surface area contributed by atoms with Crippen LogP contribution in [0.5, 0.6) is 0 Å². The van der Waals surface area contributed by atoms with Gasteiger partial charge in [0, 0.05) is 25.3 Å². The van der Waals surface area contributed by atoms with Crippen LogP contribution in [0.25, 0.3) is 0 Å². The van der Waals surface area contributed by atoms with E-state index < -0.39 is 0 Å². The summed E-state index contributed by atoms with van der Waals surface area (Å²) in [6.45, 7) is 9.14. The van der Waals surface area contributed by atoms with Crippen LogP contribution in [0.1, 0.15) is 51.5 Å². The van der Waals surface area contributed by atoms with E-state index in [0.717, 1.165) is 50.6 Å². The van der Waals surface area contributed by atoms with Crippen molar-refractivity contribution < 1.29 is 4.74 Å². The summed E-state index contributed by atoms with van der Waals surface area (Å²) in [5.41, 5.74) is 1.17. The van der Waals surface area contributed by atoms with E-state index in [1.54, 1.807) is 6.33 Å². The van der Waals surface area contributed by atoms with Gasteiger partial charge in [0.2, 0.25) is 0 Å². The third kappa shape index (κ3) is 3.82. The Balaban J connectivity index is 2.09. The van der Waals surface area contributed by atoms with Crippen molar-refractivity contribution in [3.05, 3.63) is 11.9 Å². The zero-order chi connectivity index (χ0) is 14.4. The molecule has 1 saturated heterocycles. The standard InChI is InChI=1S/C15H26N4O/c1-4-7-16-14-13(11(2)3)15(19-10-18-14)17-9-12-6-5-8-20-12/h10-12H,4-9H2,1-3H3,(H2,16,17,18,19). The smallest absolute Gasteiger partial charge is 0.135 e. The van der Waals surface area contributed by atoms with Crippen molar-refractivity contribution in [1.82, 2.24) is 9.97 Å². The molecule has 0 spiro atoms. The minimum absolute atomic E-state index is 0.317. The lowest BCUT2D eigenvalue weighted by atomic mass is 10.0. The molecular formula is C15H26N4O. The fourth-order valence-electron chi connectivity index (χ4n) is 2.48. The first kappa shape index (κ1) is 15.0. The largest absolute Gasteiger partial charge is 0.376 e. The molecule has 0 radical (unpaired) electrons. The molecule has 0 bridgehead atoms. The van der Waals surface area contributed by atoms with Gasteiger partial charge in [0.1, 0.15) is 18.0 Å². The van der Waals surface area contributed by atoms with Crippen LogP contribution in [-0.2, 0) is 4.74 Å². The lowest BCUT2D eigenvalue weighted by molar-refractivity contribution is 0.120. The molecule has 2 heterocycles. The Kier molecular flexibility index (Phi) is 5.59. The van der Waals surface area contributed by atoms with Crippen molar-refractivity contribution in [2.24, 2.45) is 0 Å². The molecular weight excluding hydrogens is 252 g/mol. The minimum Gasteiger partial charge on any atom is -0.376 e. The molecule has 5 nitrogen and oxygen atoms in total. The van der Waals surface area contributed by atoms with E-state index in [4.69, 9.17) is 4.74 Å². The van der Waals surface area contributed by atoms with Gasteiger partial charge in [-0.05, 0) is 25.2 Å². The summed E-state index contributed by atoms with van der Waals surface area (Å²) in [7, 11) is 0. The molecule has 1 aliphatic heterocycles. The lowest BCUT2D eigenvalue weighted by Crippen LogP contribution is -2.20. The quantitative estimate of drug-likeness (QED) is 0.803. The van der Waals surface area contributed by atoms with Crippen LogP contribution in [0.15, 0.2) is 6.33 Å². The molecule has 112 valence electrons. The van der Waals surface area contributed by atoms with Gasteiger partial charge in [-0.1, -0.05) is 20.8 Å². The highest BCUT2D eigenvalue weighted by molar-refractivity contribution is 5.59. The molecule has 0 saturated carbocycles. The van der Waals surface area contributed by atoms with E-state index >= 15 is 0 Å². The van der Waals surface area contributed by atoms with Crippen LogP contribution in [0.3, 0.4) is 0 Å². The van der Waals surface area contributed by atoms with Crippen molar-refractivity contribution in [1.29, 1.82) is 0 Å². The molecule has 1 aromatic rings. The molecule has 0 aliphatic carbocycles. The van der Waals surface area contributed by atoms with E-state index in [9.17, 15) is 0 Å². The Morgan fingerprint density at radius 1 is 1.30 bits per heavy atom. The number of rotatable bonds is 7. The molecule has 1 atom stereocenters. The summed E-state index contributed by atoms with van der Waals surface area (Å²) in [5, 5.41) is 6.83. The zero-order valence-electron chi connectivity index (χ0n) is 12.8. The first-order valence-electron chi connectivity index (χ1n) is 7.66.